The van der Waals surface area contributed by atoms with Gasteiger partial charge in [-0.05, 0) is 12.1 Å². The molecule has 1 aromatic carbocycles. The summed E-state index contributed by atoms with van der Waals surface area (Å²) in [6.45, 7) is 0. The molecular weight excluding hydrogens is 365 g/mol. The van der Waals surface area contributed by atoms with E-state index in [1.54, 1.807) is 0 Å². The van der Waals surface area contributed by atoms with Gasteiger partial charge in [0, 0.05) is 6.20 Å². The fourth-order valence-electron chi connectivity index (χ4n) is 1.73. The maximum absolute atomic E-state index is 13.8. The van der Waals surface area contributed by atoms with Gasteiger partial charge in [-0.2, -0.15) is 35.8 Å². The quantitative estimate of drug-likeness (QED) is 0.812. The van der Waals surface area contributed by atoms with Crippen LogP contribution in [0.25, 0.3) is 5.69 Å². The summed E-state index contributed by atoms with van der Waals surface area (Å²) in [7, 11) is 0. The molecule has 0 saturated carbocycles. The Morgan fingerprint density at radius 3 is 2.08 bits per heavy atom. The van der Waals surface area contributed by atoms with Crippen molar-refractivity contribution in [2.75, 3.05) is 0 Å². The summed E-state index contributed by atoms with van der Waals surface area (Å²) in [5.41, 5.74) is -3.13. The molecule has 0 fully saturated rings. The molecule has 25 heavy (non-hydrogen) atoms. The van der Waals surface area contributed by atoms with Gasteiger partial charge in [0.1, 0.15) is 5.56 Å². The van der Waals surface area contributed by atoms with Crippen LogP contribution in [0.4, 0.5) is 30.7 Å². The van der Waals surface area contributed by atoms with E-state index in [4.69, 9.17) is 5.11 Å². The van der Waals surface area contributed by atoms with Gasteiger partial charge in [-0.3, -0.25) is 0 Å². The van der Waals surface area contributed by atoms with E-state index >= 15 is 0 Å². The first kappa shape index (κ1) is 18.7. The highest BCUT2D eigenvalue weighted by Gasteiger charge is 2.65. The summed E-state index contributed by atoms with van der Waals surface area (Å²) in [5, 5.41) is 12.0. The molecule has 2 aromatic rings. The number of hydrogen-bond acceptors (Lipinski definition) is 3. The number of aromatic nitrogens is 2. The summed E-state index contributed by atoms with van der Waals surface area (Å²) in [4.78, 5) is 11.0. The van der Waals surface area contributed by atoms with Gasteiger partial charge in [0.25, 0.3) is 0 Å². The maximum atomic E-state index is 13.8. The lowest BCUT2D eigenvalue weighted by Gasteiger charge is -2.24. The minimum absolute atomic E-state index is 0.0645. The predicted molar refractivity (Wildman–Crippen MR) is 66.5 cm³/mol. The number of para-hydroxylation sites is 1. The minimum Gasteiger partial charge on any atom is -0.478 e. The van der Waals surface area contributed by atoms with Crippen LogP contribution in [0, 0.1) is 0 Å². The highest BCUT2D eigenvalue weighted by molar-refractivity contribution is 5.89. The second-order valence-electron chi connectivity index (χ2n) is 4.61. The number of nitrogens with zero attached hydrogens (tertiary/aromatic N) is 2. The second-order valence-corrected chi connectivity index (χ2v) is 4.61. The highest BCUT2D eigenvalue weighted by Crippen LogP contribution is 2.44. The van der Waals surface area contributed by atoms with Crippen LogP contribution in [0.3, 0.4) is 0 Å². The first-order chi connectivity index (χ1) is 11.3. The van der Waals surface area contributed by atoms with E-state index in [1.807, 2.05) is 0 Å². The maximum Gasteiger partial charge on any atom is 0.483 e. The largest absolute Gasteiger partial charge is 0.483 e. The molecule has 2 rings (SSSR count). The second kappa shape index (κ2) is 6.02. The van der Waals surface area contributed by atoms with Crippen LogP contribution in [0.2, 0.25) is 0 Å². The third-order valence-electron chi connectivity index (χ3n) is 2.83. The van der Waals surface area contributed by atoms with Gasteiger partial charge in [-0.15, -0.1) is 0 Å². The molecule has 1 heterocycles. The van der Waals surface area contributed by atoms with E-state index in [2.05, 4.69) is 9.84 Å². The van der Waals surface area contributed by atoms with Crippen LogP contribution < -0.4 is 0 Å². The van der Waals surface area contributed by atoms with Crippen LogP contribution >= 0.6 is 0 Å². The Labute approximate surface area is 134 Å². The van der Waals surface area contributed by atoms with Crippen molar-refractivity contribution < 1.29 is 45.4 Å². The molecule has 0 aliphatic carbocycles. The molecule has 0 aliphatic rings. The van der Waals surface area contributed by atoms with Gasteiger partial charge in [0.05, 0.1) is 5.69 Å². The lowest BCUT2D eigenvalue weighted by molar-refractivity contribution is -0.462. The van der Waals surface area contributed by atoms with E-state index in [0.29, 0.717) is 10.9 Å². The molecule has 0 aliphatic heterocycles. The minimum atomic E-state index is -6.43. The summed E-state index contributed by atoms with van der Waals surface area (Å²) in [6, 6.07) is 7.03. The predicted octanol–water partition coefficient (Wildman–Crippen LogP) is 3.79. The van der Waals surface area contributed by atoms with Crippen molar-refractivity contribution >= 4 is 5.97 Å². The van der Waals surface area contributed by atoms with Gasteiger partial charge >= 0.3 is 24.4 Å². The van der Waals surface area contributed by atoms with Gasteiger partial charge < -0.3 is 5.11 Å². The lowest BCUT2D eigenvalue weighted by Crippen LogP contribution is -2.44. The Balaban J connectivity index is 2.50. The molecule has 0 saturated heterocycles. The van der Waals surface area contributed by atoms with E-state index in [-0.39, 0.29) is 5.69 Å². The van der Waals surface area contributed by atoms with Crippen molar-refractivity contribution in [1.82, 2.24) is 9.78 Å². The fourth-order valence-corrected chi connectivity index (χ4v) is 1.73. The number of carboxylic acids is 1. The van der Waals surface area contributed by atoms with Crippen LogP contribution in [-0.4, -0.2) is 33.1 Å². The average Bonchev–Trinajstić information content (AvgIpc) is 2.92. The standard InChI is InChI=1S/C13H7F7N2O3/c14-11(15,25-13(19,20)12(16,17)18)9-8(10(23)24)6-22(21-9)7-4-2-1-3-5-7/h1-6H,(H,23,24). The van der Waals surface area contributed by atoms with Gasteiger partial charge in [-0.25, -0.2) is 14.2 Å². The van der Waals surface area contributed by atoms with Crippen LogP contribution in [0.1, 0.15) is 16.1 Å². The Bertz CT molecular complexity index is 772. The van der Waals surface area contributed by atoms with Crippen molar-refractivity contribution in [3.63, 3.8) is 0 Å². The van der Waals surface area contributed by atoms with E-state index in [0.717, 1.165) is 0 Å². The molecule has 0 radical (unpaired) electrons. The van der Waals surface area contributed by atoms with Crippen molar-refractivity contribution in [2.24, 2.45) is 0 Å². The van der Waals surface area contributed by atoms with E-state index in [9.17, 15) is 35.5 Å². The number of aromatic carboxylic acids is 1. The topological polar surface area (TPSA) is 64.3 Å². The monoisotopic (exact) mass is 372 g/mol. The fraction of sp³-hybridized carbons (Fsp3) is 0.231. The van der Waals surface area contributed by atoms with Gasteiger partial charge in [-0.1, -0.05) is 18.2 Å². The first-order valence-electron chi connectivity index (χ1n) is 6.26. The number of carbonyl (C=O) groups is 1. The summed E-state index contributed by atoms with van der Waals surface area (Å²) in [6.07, 6.45) is -17.4. The number of alkyl halides is 7. The highest BCUT2D eigenvalue weighted by atomic mass is 19.4. The van der Waals surface area contributed by atoms with Crippen molar-refractivity contribution in [3.8, 4) is 5.69 Å². The molecule has 0 bridgehead atoms. The van der Waals surface area contributed by atoms with E-state index < -0.39 is 35.6 Å². The van der Waals surface area contributed by atoms with Gasteiger partial charge in [0.2, 0.25) is 0 Å². The summed E-state index contributed by atoms with van der Waals surface area (Å²) in [5.74, 6) is -2.02. The summed E-state index contributed by atoms with van der Waals surface area (Å²) < 4.78 is 92.5. The third kappa shape index (κ3) is 3.73. The first-order valence-corrected chi connectivity index (χ1v) is 6.26. The van der Waals surface area contributed by atoms with Crippen LogP contribution in [0.5, 0.6) is 0 Å². The molecule has 0 unspecified atom stereocenters. The molecule has 1 aromatic heterocycles. The Hall–Kier alpha value is -2.63. The molecular formula is C13H7F7N2O3. The molecule has 12 heteroatoms. The Morgan fingerprint density at radius 2 is 1.60 bits per heavy atom. The number of rotatable bonds is 5. The zero-order valence-corrected chi connectivity index (χ0v) is 11.8. The molecule has 0 atom stereocenters. The molecule has 136 valence electrons. The summed E-state index contributed by atoms with van der Waals surface area (Å²) >= 11 is 0. The van der Waals surface area contributed by atoms with Crippen molar-refractivity contribution in [1.29, 1.82) is 0 Å². The Morgan fingerprint density at radius 1 is 1.04 bits per heavy atom. The number of hydrogen-bond donors (Lipinski definition) is 1. The van der Waals surface area contributed by atoms with Crippen molar-refractivity contribution in [2.45, 2.75) is 18.4 Å². The zero-order chi connectivity index (χ0) is 19.0. The third-order valence-corrected chi connectivity index (χ3v) is 2.83. The van der Waals surface area contributed by atoms with Crippen molar-refractivity contribution in [3.05, 3.63) is 47.8 Å². The number of ether oxygens (including phenoxy) is 1. The molecule has 1 N–H and O–H groups in total. The molecule has 5 nitrogen and oxygen atoms in total. The van der Waals surface area contributed by atoms with Gasteiger partial charge in [0.15, 0.2) is 5.69 Å². The van der Waals surface area contributed by atoms with E-state index in [1.165, 1.54) is 30.3 Å². The molecule has 0 amide bonds. The molecule has 0 spiro atoms. The number of benzene rings is 1. The Kier molecular flexibility index (Phi) is 4.51. The lowest BCUT2D eigenvalue weighted by atomic mass is 10.2. The zero-order valence-electron chi connectivity index (χ0n) is 11.8. The van der Waals surface area contributed by atoms with Crippen LogP contribution in [0.15, 0.2) is 36.5 Å². The smallest absolute Gasteiger partial charge is 0.478 e. The average molecular weight is 372 g/mol. The van der Waals surface area contributed by atoms with Crippen LogP contribution in [-0.2, 0) is 10.8 Å². The number of carboxylic acid groups (broad SMARTS) is 1. The normalized spacial score (nSPS) is 13.1. The SMILES string of the molecule is O=C(O)c1cn(-c2ccccc2)nc1C(F)(F)OC(F)(F)C(F)(F)F. The number of halogens is 7.